The summed E-state index contributed by atoms with van der Waals surface area (Å²) in [5.74, 6) is 0.0694. The van der Waals surface area contributed by atoms with Crippen LogP contribution >= 0.6 is 0 Å². The number of aromatic nitrogens is 5. The van der Waals surface area contributed by atoms with Crippen molar-refractivity contribution < 1.29 is 4.79 Å². The fourth-order valence-electron chi connectivity index (χ4n) is 2.93. The zero-order chi connectivity index (χ0) is 19.8. The van der Waals surface area contributed by atoms with Crippen LogP contribution in [0.1, 0.15) is 12.6 Å². The molecular formula is C19H17BN6O2. The number of pyridine rings is 2. The summed E-state index contributed by atoms with van der Waals surface area (Å²) in [6.07, 6.45) is 3.27. The number of carbonyl (C=O) groups excluding carboxylic acids is 1. The number of fused-ring (bicyclic) bond motifs is 3. The molecule has 0 bridgehead atoms. The molecule has 4 heterocycles. The van der Waals surface area contributed by atoms with Gasteiger partial charge in [-0.05, 0) is 30.7 Å². The number of nitrogens with zero attached hydrogens (tertiary/aromatic N) is 5. The van der Waals surface area contributed by atoms with Crippen molar-refractivity contribution in [1.82, 2.24) is 24.1 Å². The van der Waals surface area contributed by atoms with Crippen LogP contribution in [-0.2, 0) is 11.3 Å². The molecule has 0 aliphatic rings. The standard InChI is InChI=1S/C19H17BN6O2/c1-11(2)14-8-17-25(10-16(27)23-15-6-5-12(20)9-22-15)19(28)13-4-3-7-21-18(13)26(17)24-14/h3-9H,1,10,20H2,2H3,(H,22,23,27). The first-order valence-electron chi connectivity index (χ1n) is 8.70. The number of carbonyl (C=O) groups is 1. The van der Waals surface area contributed by atoms with Crippen molar-refractivity contribution in [1.29, 1.82) is 0 Å². The number of anilines is 1. The Labute approximate surface area is 161 Å². The second kappa shape index (κ2) is 6.77. The van der Waals surface area contributed by atoms with Crippen molar-refractivity contribution in [3.63, 3.8) is 0 Å². The highest BCUT2D eigenvalue weighted by Gasteiger charge is 2.17. The van der Waals surface area contributed by atoms with E-state index in [0.717, 1.165) is 11.0 Å². The lowest BCUT2D eigenvalue weighted by molar-refractivity contribution is -0.116. The number of amides is 1. The van der Waals surface area contributed by atoms with E-state index in [-0.39, 0.29) is 18.0 Å². The van der Waals surface area contributed by atoms with Gasteiger partial charge < -0.3 is 5.32 Å². The summed E-state index contributed by atoms with van der Waals surface area (Å²) in [7, 11) is 1.91. The van der Waals surface area contributed by atoms with E-state index in [1.165, 1.54) is 4.57 Å². The number of rotatable bonds is 4. The summed E-state index contributed by atoms with van der Waals surface area (Å²) >= 11 is 0. The van der Waals surface area contributed by atoms with Crippen LogP contribution in [0.25, 0.3) is 22.3 Å². The Morgan fingerprint density at radius 2 is 2.11 bits per heavy atom. The normalized spacial score (nSPS) is 11.0. The SMILES string of the molecule is Bc1ccc(NC(=O)Cn2c(=O)c3cccnc3n3nc(C(=C)C)cc23)nc1. The molecular weight excluding hydrogens is 355 g/mol. The van der Waals surface area contributed by atoms with Crippen molar-refractivity contribution in [2.24, 2.45) is 0 Å². The zero-order valence-corrected chi connectivity index (χ0v) is 15.5. The first-order valence-corrected chi connectivity index (χ1v) is 8.70. The van der Waals surface area contributed by atoms with Gasteiger partial charge in [0.15, 0.2) is 5.65 Å². The quantitative estimate of drug-likeness (QED) is 0.523. The first kappa shape index (κ1) is 17.7. The molecule has 0 spiro atoms. The van der Waals surface area contributed by atoms with Gasteiger partial charge in [-0.1, -0.05) is 18.1 Å². The molecule has 138 valence electrons. The van der Waals surface area contributed by atoms with Crippen molar-refractivity contribution in [2.45, 2.75) is 13.5 Å². The van der Waals surface area contributed by atoms with Gasteiger partial charge in [0.25, 0.3) is 5.56 Å². The Morgan fingerprint density at radius 1 is 1.29 bits per heavy atom. The van der Waals surface area contributed by atoms with Crippen LogP contribution in [0.4, 0.5) is 5.82 Å². The van der Waals surface area contributed by atoms with Crippen LogP contribution in [-0.4, -0.2) is 37.9 Å². The second-order valence-corrected chi connectivity index (χ2v) is 6.61. The molecule has 9 heteroatoms. The molecule has 8 nitrogen and oxygen atoms in total. The Morgan fingerprint density at radius 3 is 2.82 bits per heavy atom. The van der Waals surface area contributed by atoms with Crippen LogP contribution in [0, 0.1) is 0 Å². The maximum atomic E-state index is 13.0. The van der Waals surface area contributed by atoms with E-state index < -0.39 is 0 Å². The zero-order valence-electron chi connectivity index (χ0n) is 15.5. The Kier molecular flexibility index (Phi) is 4.27. The van der Waals surface area contributed by atoms with Crippen molar-refractivity contribution >= 4 is 47.3 Å². The van der Waals surface area contributed by atoms with Crippen molar-refractivity contribution in [3.05, 3.63) is 65.4 Å². The molecule has 0 atom stereocenters. The van der Waals surface area contributed by atoms with Gasteiger partial charge >= 0.3 is 0 Å². The Bertz CT molecular complexity index is 1290. The first-order chi connectivity index (χ1) is 13.4. The van der Waals surface area contributed by atoms with E-state index in [9.17, 15) is 9.59 Å². The largest absolute Gasteiger partial charge is 0.309 e. The van der Waals surface area contributed by atoms with Gasteiger partial charge in [0.2, 0.25) is 5.91 Å². The van der Waals surface area contributed by atoms with Gasteiger partial charge in [0.1, 0.15) is 25.9 Å². The number of hydrogen-bond donors (Lipinski definition) is 1. The number of allylic oxidation sites excluding steroid dienone is 1. The van der Waals surface area contributed by atoms with Gasteiger partial charge in [-0.15, -0.1) is 0 Å². The lowest BCUT2D eigenvalue weighted by Gasteiger charge is -2.10. The maximum Gasteiger partial charge on any atom is 0.263 e. The molecule has 0 aromatic carbocycles. The third kappa shape index (κ3) is 3.07. The molecule has 0 radical (unpaired) electrons. The molecule has 0 saturated carbocycles. The number of hydrogen-bond acceptors (Lipinski definition) is 5. The van der Waals surface area contributed by atoms with E-state index >= 15 is 0 Å². The molecule has 0 saturated heterocycles. The molecule has 4 aromatic heterocycles. The third-order valence-electron chi connectivity index (χ3n) is 4.35. The third-order valence-corrected chi connectivity index (χ3v) is 4.35. The lowest BCUT2D eigenvalue weighted by Crippen LogP contribution is -2.29. The molecule has 4 rings (SSSR count). The molecule has 1 N–H and O–H groups in total. The lowest BCUT2D eigenvalue weighted by atomic mass is 9.99. The van der Waals surface area contributed by atoms with Gasteiger partial charge in [-0.25, -0.2) is 9.97 Å². The predicted octanol–water partition coefficient (Wildman–Crippen LogP) is 0.369. The van der Waals surface area contributed by atoms with E-state index in [2.05, 4.69) is 27.0 Å². The Hall–Kier alpha value is -3.75. The maximum absolute atomic E-state index is 13.0. The topological polar surface area (TPSA) is 94.2 Å². The molecule has 0 unspecified atom stereocenters. The highest BCUT2D eigenvalue weighted by molar-refractivity contribution is 6.32. The minimum absolute atomic E-state index is 0.177. The van der Waals surface area contributed by atoms with Crippen molar-refractivity contribution in [3.8, 4) is 0 Å². The Balaban J connectivity index is 1.81. The van der Waals surface area contributed by atoms with E-state index in [4.69, 9.17) is 0 Å². The van der Waals surface area contributed by atoms with Crippen LogP contribution < -0.4 is 16.3 Å². The summed E-state index contributed by atoms with van der Waals surface area (Å²) < 4.78 is 2.95. The van der Waals surface area contributed by atoms with Crippen LogP contribution in [0.3, 0.4) is 0 Å². The van der Waals surface area contributed by atoms with E-state index in [1.54, 1.807) is 41.2 Å². The summed E-state index contributed by atoms with van der Waals surface area (Å²) in [6.45, 7) is 5.56. The van der Waals surface area contributed by atoms with Crippen LogP contribution in [0.5, 0.6) is 0 Å². The highest BCUT2D eigenvalue weighted by atomic mass is 16.2. The van der Waals surface area contributed by atoms with Crippen molar-refractivity contribution in [2.75, 3.05) is 5.32 Å². The average molecular weight is 372 g/mol. The molecule has 0 fully saturated rings. The smallest absolute Gasteiger partial charge is 0.263 e. The van der Waals surface area contributed by atoms with E-state index in [0.29, 0.717) is 28.2 Å². The second-order valence-electron chi connectivity index (χ2n) is 6.61. The van der Waals surface area contributed by atoms with Crippen LogP contribution in [0.2, 0.25) is 0 Å². The average Bonchev–Trinajstić information content (AvgIpc) is 3.13. The van der Waals surface area contributed by atoms with Crippen LogP contribution in [0.15, 0.2) is 54.1 Å². The molecule has 28 heavy (non-hydrogen) atoms. The highest BCUT2D eigenvalue weighted by Crippen LogP contribution is 2.16. The molecule has 0 aliphatic carbocycles. The van der Waals surface area contributed by atoms with E-state index in [1.807, 2.05) is 20.8 Å². The van der Waals surface area contributed by atoms with Gasteiger partial charge in [-0.3, -0.25) is 14.2 Å². The predicted molar refractivity (Wildman–Crippen MR) is 111 cm³/mol. The van der Waals surface area contributed by atoms with Gasteiger partial charge in [-0.2, -0.15) is 9.61 Å². The summed E-state index contributed by atoms with van der Waals surface area (Å²) in [4.78, 5) is 34.0. The summed E-state index contributed by atoms with van der Waals surface area (Å²) in [5, 5.41) is 7.59. The minimum atomic E-state index is -0.360. The van der Waals surface area contributed by atoms with Gasteiger partial charge in [0, 0.05) is 18.5 Å². The molecule has 0 aliphatic heterocycles. The monoisotopic (exact) mass is 372 g/mol. The fraction of sp³-hybridized carbons (Fsp3) is 0.105. The fourth-order valence-corrected chi connectivity index (χ4v) is 2.93. The minimum Gasteiger partial charge on any atom is -0.309 e. The summed E-state index contributed by atoms with van der Waals surface area (Å²) in [6, 6.07) is 8.65. The summed E-state index contributed by atoms with van der Waals surface area (Å²) in [5.41, 5.74) is 2.97. The van der Waals surface area contributed by atoms with Gasteiger partial charge in [0.05, 0.1) is 11.1 Å². The number of nitrogens with one attached hydrogen (secondary N) is 1. The molecule has 1 amide bonds. The molecule has 4 aromatic rings.